The maximum atomic E-state index is 12.2. The Kier molecular flexibility index (Phi) is 8.00. The first-order valence-electron chi connectivity index (χ1n) is 9.31. The van der Waals surface area contributed by atoms with Crippen molar-refractivity contribution in [2.24, 2.45) is 0 Å². The van der Waals surface area contributed by atoms with Gasteiger partial charge < -0.3 is 15.4 Å². The molecule has 0 aromatic heterocycles. The highest BCUT2D eigenvalue weighted by Gasteiger charge is 2.34. The van der Waals surface area contributed by atoms with Gasteiger partial charge in [-0.15, -0.1) is 0 Å². The van der Waals surface area contributed by atoms with E-state index in [1.807, 2.05) is 19.1 Å². The highest BCUT2D eigenvalue weighted by Crippen LogP contribution is 2.22. The van der Waals surface area contributed by atoms with Crippen LogP contribution in [0.5, 0.6) is 0 Å². The lowest BCUT2D eigenvalue weighted by Crippen LogP contribution is -2.53. The van der Waals surface area contributed by atoms with Crippen LogP contribution in [-0.4, -0.2) is 37.0 Å². The zero-order valence-electron chi connectivity index (χ0n) is 17.3. The summed E-state index contributed by atoms with van der Waals surface area (Å²) in [4.78, 5) is 36.3. The standard InChI is InChI=1S/C21H32N2O4/c1-7-13-21(5,19(26)27-6)23-17(24)12-14-22-18(25)15-8-10-16(11-9-15)20(2,3)4/h8-11H,7,12-14H2,1-6H3,(H,22,25)(H,23,24). The Labute approximate surface area is 162 Å². The molecule has 0 aliphatic carbocycles. The Balaban J connectivity index is 2.55. The summed E-state index contributed by atoms with van der Waals surface area (Å²) in [5.74, 6) is -1.01. The summed E-state index contributed by atoms with van der Waals surface area (Å²) >= 11 is 0. The number of carbonyl (C=O) groups excluding carboxylic acids is 3. The molecule has 1 rings (SSSR count). The van der Waals surface area contributed by atoms with E-state index in [1.54, 1.807) is 19.1 Å². The maximum absolute atomic E-state index is 12.2. The molecule has 1 aromatic carbocycles. The zero-order chi connectivity index (χ0) is 20.7. The molecule has 0 bridgehead atoms. The number of carbonyl (C=O) groups is 3. The predicted molar refractivity (Wildman–Crippen MR) is 106 cm³/mol. The topological polar surface area (TPSA) is 84.5 Å². The number of rotatable bonds is 8. The van der Waals surface area contributed by atoms with E-state index in [9.17, 15) is 14.4 Å². The van der Waals surface area contributed by atoms with Crippen LogP contribution in [0.15, 0.2) is 24.3 Å². The molecule has 0 saturated heterocycles. The van der Waals surface area contributed by atoms with Gasteiger partial charge in [0.2, 0.25) is 5.91 Å². The average Bonchev–Trinajstić information content (AvgIpc) is 2.60. The normalized spacial score (nSPS) is 13.4. The lowest BCUT2D eigenvalue weighted by molar-refractivity contribution is -0.150. The fourth-order valence-corrected chi connectivity index (χ4v) is 2.82. The maximum Gasteiger partial charge on any atom is 0.331 e. The molecule has 1 unspecified atom stereocenters. The average molecular weight is 376 g/mol. The Morgan fingerprint density at radius 1 is 1.04 bits per heavy atom. The fraction of sp³-hybridized carbons (Fsp3) is 0.571. The van der Waals surface area contributed by atoms with Gasteiger partial charge in [-0.05, 0) is 36.5 Å². The molecule has 0 radical (unpaired) electrons. The Morgan fingerprint density at radius 3 is 2.11 bits per heavy atom. The van der Waals surface area contributed by atoms with E-state index in [0.717, 1.165) is 12.0 Å². The summed E-state index contributed by atoms with van der Waals surface area (Å²) < 4.78 is 4.78. The second-order valence-corrected chi connectivity index (χ2v) is 7.96. The number of hydrogen-bond donors (Lipinski definition) is 2. The molecular formula is C21H32N2O4. The van der Waals surface area contributed by atoms with Crippen LogP contribution in [0.4, 0.5) is 0 Å². The van der Waals surface area contributed by atoms with Gasteiger partial charge in [0.15, 0.2) is 0 Å². The van der Waals surface area contributed by atoms with Gasteiger partial charge in [0.1, 0.15) is 5.54 Å². The number of nitrogens with one attached hydrogen (secondary N) is 2. The molecule has 6 nitrogen and oxygen atoms in total. The van der Waals surface area contributed by atoms with E-state index in [2.05, 4.69) is 31.4 Å². The van der Waals surface area contributed by atoms with Crippen molar-refractivity contribution in [2.75, 3.05) is 13.7 Å². The molecule has 150 valence electrons. The van der Waals surface area contributed by atoms with Gasteiger partial charge in [-0.1, -0.05) is 46.2 Å². The number of hydrogen-bond acceptors (Lipinski definition) is 4. The number of ether oxygens (including phenoxy) is 1. The smallest absolute Gasteiger partial charge is 0.331 e. The lowest BCUT2D eigenvalue weighted by atomic mass is 9.87. The third-order valence-corrected chi connectivity index (χ3v) is 4.45. The quantitative estimate of drug-likeness (QED) is 0.683. The number of benzene rings is 1. The van der Waals surface area contributed by atoms with E-state index in [0.29, 0.717) is 12.0 Å². The van der Waals surface area contributed by atoms with Gasteiger partial charge in [-0.3, -0.25) is 9.59 Å². The lowest BCUT2D eigenvalue weighted by Gasteiger charge is -2.27. The van der Waals surface area contributed by atoms with E-state index >= 15 is 0 Å². The van der Waals surface area contributed by atoms with Gasteiger partial charge in [-0.25, -0.2) is 4.79 Å². The van der Waals surface area contributed by atoms with Crippen molar-refractivity contribution in [2.45, 2.75) is 64.8 Å². The predicted octanol–water partition coefficient (Wildman–Crippen LogP) is 2.95. The van der Waals surface area contributed by atoms with Crippen LogP contribution in [0, 0.1) is 0 Å². The zero-order valence-corrected chi connectivity index (χ0v) is 17.3. The summed E-state index contributed by atoms with van der Waals surface area (Å²) in [5, 5.41) is 5.45. The number of esters is 1. The second-order valence-electron chi connectivity index (χ2n) is 7.96. The van der Waals surface area contributed by atoms with Gasteiger partial charge in [0.05, 0.1) is 7.11 Å². The van der Waals surface area contributed by atoms with Crippen molar-refractivity contribution >= 4 is 17.8 Å². The molecule has 2 amide bonds. The Bertz CT molecular complexity index is 662. The minimum atomic E-state index is -1.05. The van der Waals surface area contributed by atoms with Crippen molar-refractivity contribution in [3.8, 4) is 0 Å². The minimum absolute atomic E-state index is 0.0257. The van der Waals surface area contributed by atoms with Crippen LogP contribution in [0.1, 0.15) is 69.8 Å². The highest BCUT2D eigenvalue weighted by molar-refractivity contribution is 5.94. The molecule has 0 saturated carbocycles. The van der Waals surface area contributed by atoms with Crippen LogP contribution in [0.25, 0.3) is 0 Å². The molecule has 6 heteroatoms. The van der Waals surface area contributed by atoms with Crippen LogP contribution in [0.2, 0.25) is 0 Å². The van der Waals surface area contributed by atoms with E-state index in [-0.39, 0.29) is 30.2 Å². The van der Waals surface area contributed by atoms with Crippen molar-refractivity contribution in [1.82, 2.24) is 10.6 Å². The van der Waals surface area contributed by atoms with Crippen LogP contribution in [0.3, 0.4) is 0 Å². The third-order valence-electron chi connectivity index (χ3n) is 4.45. The SMILES string of the molecule is CCCC(C)(NC(=O)CCNC(=O)c1ccc(C(C)(C)C)cc1)C(=O)OC. The fourth-order valence-electron chi connectivity index (χ4n) is 2.82. The Hall–Kier alpha value is -2.37. The first-order chi connectivity index (χ1) is 12.5. The molecule has 0 aliphatic heterocycles. The van der Waals surface area contributed by atoms with E-state index < -0.39 is 11.5 Å². The summed E-state index contributed by atoms with van der Waals surface area (Å²) in [6, 6.07) is 7.44. The molecule has 0 heterocycles. The molecule has 1 aromatic rings. The molecule has 27 heavy (non-hydrogen) atoms. The van der Waals surface area contributed by atoms with E-state index in [1.165, 1.54) is 7.11 Å². The molecule has 1 atom stereocenters. The third kappa shape index (κ3) is 6.70. The monoisotopic (exact) mass is 376 g/mol. The van der Waals surface area contributed by atoms with Gasteiger partial charge in [0.25, 0.3) is 5.91 Å². The first-order valence-corrected chi connectivity index (χ1v) is 9.31. The second kappa shape index (κ2) is 9.53. The number of methoxy groups -OCH3 is 1. The summed E-state index contributed by atoms with van der Waals surface area (Å²) in [5.41, 5.74) is 0.677. The van der Waals surface area contributed by atoms with Crippen molar-refractivity contribution < 1.29 is 19.1 Å². The van der Waals surface area contributed by atoms with Crippen molar-refractivity contribution in [3.63, 3.8) is 0 Å². The molecular weight excluding hydrogens is 344 g/mol. The van der Waals surface area contributed by atoms with Crippen LogP contribution >= 0.6 is 0 Å². The largest absolute Gasteiger partial charge is 0.467 e. The van der Waals surface area contributed by atoms with Gasteiger partial charge in [-0.2, -0.15) is 0 Å². The van der Waals surface area contributed by atoms with Crippen molar-refractivity contribution in [3.05, 3.63) is 35.4 Å². The number of amides is 2. The minimum Gasteiger partial charge on any atom is -0.467 e. The Morgan fingerprint density at radius 2 is 1.63 bits per heavy atom. The van der Waals surface area contributed by atoms with Gasteiger partial charge in [0, 0.05) is 18.5 Å². The summed E-state index contributed by atoms with van der Waals surface area (Å²) in [7, 11) is 1.30. The van der Waals surface area contributed by atoms with Crippen molar-refractivity contribution in [1.29, 1.82) is 0 Å². The van der Waals surface area contributed by atoms with Crippen LogP contribution in [-0.2, 0) is 19.7 Å². The molecule has 2 N–H and O–H groups in total. The highest BCUT2D eigenvalue weighted by atomic mass is 16.5. The van der Waals surface area contributed by atoms with Crippen LogP contribution < -0.4 is 10.6 Å². The first kappa shape index (κ1) is 22.7. The van der Waals surface area contributed by atoms with Gasteiger partial charge >= 0.3 is 5.97 Å². The molecule has 0 aliphatic rings. The molecule has 0 spiro atoms. The summed E-state index contributed by atoms with van der Waals surface area (Å²) in [6.45, 7) is 10.1. The summed E-state index contributed by atoms with van der Waals surface area (Å²) in [6.07, 6.45) is 1.30. The molecule has 0 fully saturated rings. The van der Waals surface area contributed by atoms with E-state index in [4.69, 9.17) is 4.74 Å².